The maximum absolute atomic E-state index is 12.4. The molecule has 0 spiro atoms. The number of imidazole rings is 1. The number of hydrogen-bond acceptors (Lipinski definition) is 3. The number of carbonyl (C=O) groups is 2. The number of H-pyrrole nitrogens is 1. The third-order valence-corrected chi connectivity index (χ3v) is 3.78. The number of aromatic amines is 1. The molecule has 2 N–H and O–H groups in total. The number of carboxylic acid groups (broad SMARTS) is 1. The molecule has 1 aromatic heterocycles. The Kier molecular flexibility index (Phi) is 6.14. The zero-order valence-corrected chi connectivity index (χ0v) is 13.4. The predicted octanol–water partition coefficient (Wildman–Crippen LogP) is 3.34. The van der Waals surface area contributed by atoms with Crippen LogP contribution in [0.3, 0.4) is 0 Å². The minimum absolute atomic E-state index is 0.0461. The fourth-order valence-corrected chi connectivity index (χ4v) is 2.55. The van der Waals surface area contributed by atoms with Crippen molar-refractivity contribution in [3.05, 3.63) is 24.3 Å². The molecule has 2 rings (SSSR count). The van der Waals surface area contributed by atoms with Crippen molar-refractivity contribution in [1.29, 1.82) is 0 Å². The molecule has 0 saturated carbocycles. The Hall–Kier alpha value is -2.37. The molecule has 0 fully saturated rings. The largest absolute Gasteiger partial charge is 0.481 e. The Morgan fingerprint density at radius 3 is 2.48 bits per heavy atom. The summed E-state index contributed by atoms with van der Waals surface area (Å²) in [6, 6.07) is 7.70. The molecule has 124 valence electrons. The van der Waals surface area contributed by atoms with Crippen LogP contribution in [0.1, 0.15) is 45.4 Å². The molecular formula is C17H23N3O3. The first-order valence-electron chi connectivity index (χ1n) is 8.08. The van der Waals surface area contributed by atoms with Gasteiger partial charge in [0.2, 0.25) is 11.9 Å². The Labute approximate surface area is 135 Å². The van der Waals surface area contributed by atoms with Crippen LogP contribution in [0.4, 0.5) is 5.95 Å². The van der Waals surface area contributed by atoms with Gasteiger partial charge in [-0.2, -0.15) is 0 Å². The zero-order valence-electron chi connectivity index (χ0n) is 13.4. The van der Waals surface area contributed by atoms with Gasteiger partial charge in [-0.25, -0.2) is 4.98 Å². The molecule has 23 heavy (non-hydrogen) atoms. The normalized spacial score (nSPS) is 10.8. The number of fused-ring (bicyclic) bond motifs is 1. The summed E-state index contributed by atoms with van der Waals surface area (Å²) in [6.07, 6.45) is 3.82. The van der Waals surface area contributed by atoms with Gasteiger partial charge in [-0.1, -0.05) is 25.0 Å². The Morgan fingerprint density at radius 2 is 1.83 bits per heavy atom. The number of para-hydroxylation sites is 2. The number of unbranched alkanes of at least 4 members (excludes halogenated alkanes) is 3. The van der Waals surface area contributed by atoms with Crippen molar-refractivity contribution in [2.24, 2.45) is 0 Å². The molecule has 0 unspecified atom stereocenters. The van der Waals surface area contributed by atoms with E-state index in [1.165, 1.54) is 0 Å². The fourth-order valence-electron chi connectivity index (χ4n) is 2.55. The number of anilines is 1. The fraction of sp³-hybridized carbons (Fsp3) is 0.471. The molecule has 0 aliphatic heterocycles. The molecule has 0 radical (unpaired) electrons. The monoisotopic (exact) mass is 317 g/mol. The van der Waals surface area contributed by atoms with Crippen LogP contribution in [-0.2, 0) is 9.59 Å². The van der Waals surface area contributed by atoms with Crippen molar-refractivity contribution in [3.8, 4) is 0 Å². The molecule has 1 heterocycles. The van der Waals surface area contributed by atoms with Crippen LogP contribution in [-0.4, -0.2) is 33.5 Å². The third-order valence-electron chi connectivity index (χ3n) is 3.78. The molecule has 0 bridgehead atoms. The average molecular weight is 317 g/mol. The van der Waals surface area contributed by atoms with Gasteiger partial charge >= 0.3 is 5.97 Å². The van der Waals surface area contributed by atoms with E-state index in [1.807, 2.05) is 31.2 Å². The summed E-state index contributed by atoms with van der Waals surface area (Å²) < 4.78 is 0. The highest BCUT2D eigenvalue weighted by atomic mass is 16.4. The molecule has 0 aliphatic rings. The van der Waals surface area contributed by atoms with Crippen LogP contribution >= 0.6 is 0 Å². The lowest BCUT2D eigenvalue weighted by atomic mass is 10.1. The molecule has 0 aliphatic carbocycles. The first-order chi connectivity index (χ1) is 11.1. The summed E-state index contributed by atoms with van der Waals surface area (Å²) >= 11 is 0. The van der Waals surface area contributed by atoms with E-state index in [4.69, 9.17) is 5.11 Å². The number of amides is 1. The molecule has 1 aromatic carbocycles. The molecule has 6 nitrogen and oxygen atoms in total. The third kappa shape index (κ3) is 4.81. The highest BCUT2D eigenvalue weighted by Crippen LogP contribution is 2.18. The van der Waals surface area contributed by atoms with Crippen LogP contribution in [0.5, 0.6) is 0 Å². The van der Waals surface area contributed by atoms with E-state index >= 15 is 0 Å². The van der Waals surface area contributed by atoms with E-state index in [1.54, 1.807) is 4.90 Å². The second-order valence-electron chi connectivity index (χ2n) is 5.52. The summed E-state index contributed by atoms with van der Waals surface area (Å²) in [5.41, 5.74) is 1.77. The van der Waals surface area contributed by atoms with Gasteiger partial charge in [0.15, 0.2) is 0 Å². The average Bonchev–Trinajstić information content (AvgIpc) is 2.94. The van der Waals surface area contributed by atoms with Crippen LogP contribution in [0.2, 0.25) is 0 Å². The number of carboxylic acids is 1. The number of carbonyl (C=O) groups excluding carboxylic acids is 1. The lowest BCUT2D eigenvalue weighted by molar-refractivity contribution is -0.137. The standard InChI is InChI=1S/C17H23N3O3/c1-2-20(15(21)11-5-3-4-6-12-16(22)23)17-18-13-9-7-8-10-14(13)19-17/h7-10H,2-6,11-12H2,1H3,(H,18,19)(H,22,23). The number of aromatic nitrogens is 2. The van der Waals surface area contributed by atoms with Gasteiger partial charge in [0, 0.05) is 19.4 Å². The number of nitrogens with zero attached hydrogens (tertiary/aromatic N) is 2. The number of aliphatic carboxylic acids is 1. The highest BCUT2D eigenvalue weighted by Gasteiger charge is 2.16. The highest BCUT2D eigenvalue weighted by molar-refractivity contribution is 5.93. The number of hydrogen-bond donors (Lipinski definition) is 2. The number of benzene rings is 1. The van der Waals surface area contributed by atoms with Gasteiger partial charge < -0.3 is 10.1 Å². The van der Waals surface area contributed by atoms with Crippen molar-refractivity contribution in [1.82, 2.24) is 9.97 Å². The van der Waals surface area contributed by atoms with Crippen molar-refractivity contribution in [2.45, 2.75) is 45.4 Å². The van der Waals surface area contributed by atoms with Gasteiger partial charge in [-0.15, -0.1) is 0 Å². The summed E-state index contributed by atoms with van der Waals surface area (Å²) in [7, 11) is 0. The van der Waals surface area contributed by atoms with Crippen molar-refractivity contribution >= 4 is 28.9 Å². The van der Waals surface area contributed by atoms with Gasteiger partial charge in [0.05, 0.1) is 11.0 Å². The van der Waals surface area contributed by atoms with Crippen molar-refractivity contribution < 1.29 is 14.7 Å². The van der Waals surface area contributed by atoms with Gasteiger partial charge in [0.1, 0.15) is 0 Å². The number of rotatable bonds is 9. The maximum atomic E-state index is 12.4. The van der Waals surface area contributed by atoms with E-state index < -0.39 is 5.97 Å². The van der Waals surface area contributed by atoms with Crippen molar-refractivity contribution in [2.75, 3.05) is 11.4 Å². The summed E-state index contributed by atoms with van der Waals surface area (Å²) in [5, 5.41) is 8.58. The SMILES string of the molecule is CCN(C(=O)CCCCCCC(=O)O)c1nc2ccccc2[nH]1. The smallest absolute Gasteiger partial charge is 0.303 e. The molecule has 0 saturated heterocycles. The van der Waals surface area contributed by atoms with E-state index in [-0.39, 0.29) is 12.3 Å². The second kappa shape index (κ2) is 8.31. The molecule has 0 atom stereocenters. The quantitative estimate of drug-likeness (QED) is 0.694. The van der Waals surface area contributed by atoms with E-state index in [2.05, 4.69) is 9.97 Å². The zero-order chi connectivity index (χ0) is 16.7. The summed E-state index contributed by atoms with van der Waals surface area (Å²) in [4.78, 5) is 32.1. The van der Waals surface area contributed by atoms with E-state index in [9.17, 15) is 9.59 Å². The number of nitrogens with one attached hydrogen (secondary N) is 1. The van der Waals surface area contributed by atoms with Crippen LogP contribution in [0, 0.1) is 0 Å². The maximum Gasteiger partial charge on any atom is 0.303 e. The first kappa shape index (κ1) is 17.0. The van der Waals surface area contributed by atoms with Crippen LogP contribution < -0.4 is 4.90 Å². The minimum Gasteiger partial charge on any atom is -0.481 e. The lowest BCUT2D eigenvalue weighted by Gasteiger charge is -2.17. The van der Waals surface area contributed by atoms with Gasteiger partial charge in [-0.05, 0) is 31.9 Å². The van der Waals surface area contributed by atoms with Crippen molar-refractivity contribution in [3.63, 3.8) is 0 Å². The first-order valence-corrected chi connectivity index (χ1v) is 8.08. The van der Waals surface area contributed by atoms with E-state index in [0.29, 0.717) is 25.3 Å². The predicted molar refractivity (Wildman–Crippen MR) is 89.5 cm³/mol. The minimum atomic E-state index is -0.761. The molecule has 6 heteroatoms. The Morgan fingerprint density at radius 1 is 1.13 bits per heavy atom. The summed E-state index contributed by atoms with van der Waals surface area (Å²) in [6.45, 7) is 2.50. The topological polar surface area (TPSA) is 86.3 Å². The van der Waals surface area contributed by atoms with Crippen LogP contribution in [0.15, 0.2) is 24.3 Å². The molecule has 1 amide bonds. The van der Waals surface area contributed by atoms with E-state index in [0.717, 1.165) is 30.3 Å². The van der Waals surface area contributed by atoms with Gasteiger partial charge in [0.25, 0.3) is 0 Å². The summed E-state index contributed by atoms with van der Waals surface area (Å²) in [5.74, 6) is -0.127. The second-order valence-corrected chi connectivity index (χ2v) is 5.52. The lowest BCUT2D eigenvalue weighted by Crippen LogP contribution is -2.31. The van der Waals surface area contributed by atoms with Gasteiger partial charge in [-0.3, -0.25) is 14.5 Å². The Balaban J connectivity index is 1.85. The van der Waals surface area contributed by atoms with Crippen LogP contribution in [0.25, 0.3) is 11.0 Å². The Bertz CT molecular complexity index is 633. The molecule has 2 aromatic rings. The molecular weight excluding hydrogens is 294 g/mol.